The zero-order valence-corrected chi connectivity index (χ0v) is 13.3. The van der Waals surface area contributed by atoms with Crippen LogP contribution in [0.25, 0.3) is 0 Å². The molecule has 1 aliphatic heterocycles. The number of hydrogen-bond donors (Lipinski definition) is 0. The molecule has 0 unspecified atom stereocenters. The molecule has 21 heavy (non-hydrogen) atoms. The molecule has 0 bridgehead atoms. The molecule has 1 aliphatic rings. The molecule has 0 aliphatic carbocycles. The normalized spacial score (nSPS) is 20.6. The number of likely N-dealkylation sites (N-methyl/N-ethyl adjacent to an activating group) is 1. The van der Waals surface area contributed by atoms with Gasteiger partial charge in [-0.15, -0.1) is 0 Å². The second-order valence-electron chi connectivity index (χ2n) is 6.02. The van der Waals surface area contributed by atoms with Crippen molar-refractivity contribution in [2.24, 2.45) is 0 Å². The van der Waals surface area contributed by atoms with Gasteiger partial charge in [-0.2, -0.15) is 0 Å². The predicted octanol–water partition coefficient (Wildman–Crippen LogP) is 3.05. The van der Waals surface area contributed by atoms with Crippen LogP contribution in [0.5, 0.6) is 0 Å². The van der Waals surface area contributed by atoms with Crippen molar-refractivity contribution >= 4 is 0 Å². The Bertz CT molecular complexity index is 378. The second-order valence-corrected chi connectivity index (χ2v) is 6.02. The van der Waals surface area contributed by atoms with Gasteiger partial charge < -0.3 is 14.4 Å². The molecular weight excluding hydrogens is 264 g/mol. The van der Waals surface area contributed by atoms with Crippen LogP contribution in [-0.4, -0.2) is 50.0 Å². The van der Waals surface area contributed by atoms with Crippen molar-refractivity contribution in [2.45, 2.75) is 44.3 Å². The van der Waals surface area contributed by atoms with E-state index in [0.29, 0.717) is 5.92 Å². The zero-order chi connectivity index (χ0) is 14.9. The lowest BCUT2D eigenvalue weighted by Crippen LogP contribution is -2.24. The molecule has 2 rings (SSSR count). The van der Waals surface area contributed by atoms with Crippen molar-refractivity contribution < 1.29 is 9.47 Å². The minimum atomic E-state index is 0.0286. The fraction of sp³-hybridized carbons (Fsp3) is 0.706. The van der Waals surface area contributed by atoms with Gasteiger partial charge in [0, 0.05) is 37.6 Å². The molecule has 0 radical (unpaired) electrons. The average molecular weight is 292 g/mol. The minimum Gasteiger partial charge on any atom is -0.353 e. The summed E-state index contributed by atoms with van der Waals surface area (Å²) < 4.78 is 11.4. The standard InChI is InChI=1S/C17H28N2O2/c1-19(2)14-15(16-9-3-5-11-18-16)8-7-13-21-17-10-4-6-12-20-17/h3,5,9,11,15,17H,4,6-8,10,12-14H2,1-2H3/t15-,17-/m0/s1. The Hall–Kier alpha value is -0.970. The molecule has 1 fully saturated rings. The zero-order valence-electron chi connectivity index (χ0n) is 13.3. The molecule has 0 spiro atoms. The molecule has 118 valence electrons. The summed E-state index contributed by atoms with van der Waals surface area (Å²) >= 11 is 0. The Morgan fingerprint density at radius 2 is 2.29 bits per heavy atom. The molecule has 0 N–H and O–H groups in total. The summed E-state index contributed by atoms with van der Waals surface area (Å²) in [6, 6.07) is 6.16. The highest BCUT2D eigenvalue weighted by atomic mass is 16.7. The van der Waals surface area contributed by atoms with E-state index < -0.39 is 0 Å². The molecule has 2 atom stereocenters. The van der Waals surface area contributed by atoms with Crippen molar-refractivity contribution in [3.8, 4) is 0 Å². The lowest BCUT2D eigenvalue weighted by Gasteiger charge is -2.24. The molecular formula is C17H28N2O2. The highest BCUT2D eigenvalue weighted by Gasteiger charge is 2.16. The van der Waals surface area contributed by atoms with Gasteiger partial charge in [0.25, 0.3) is 0 Å². The summed E-state index contributed by atoms with van der Waals surface area (Å²) in [5.41, 5.74) is 1.18. The van der Waals surface area contributed by atoms with Crippen LogP contribution in [0, 0.1) is 0 Å². The molecule has 4 nitrogen and oxygen atoms in total. The predicted molar refractivity (Wildman–Crippen MR) is 84.3 cm³/mol. The fourth-order valence-electron chi connectivity index (χ4n) is 2.78. The van der Waals surface area contributed by atoms with Gasteiger partial charge in [-0.05, 0) is 58.3 Å². The Kier molecular flexibility index (Phi) is 7.13. The summed E-state index contributed by atoms with van der Waals surface area (Å²) in [6.45, 7) is 2.65. The van der Waals surface area contributed by atoms with E-state index in [9.17, 15) is 0 Å². The van der Waals surface area contributed by atoms with Crippen LogP contribution >= 0.6 is 0 Å². The van der Waals surface area contributed by atoms with E-state index in [0.717, 1.165) is 39.0 Å². The van der Waals surface area contributed by atoms with E-state index >= 15 is 0 Å². The van der Waals surface area contributed by atoms with Gasteiger partial charge in [0.15, 0.2) is 6.29 Å². The highest BCUT2D eigenvalue weighted by Crippen LogP contribution is 2.21. The third kappa shape index (κ3) is 6.12. The summed E-state index contributed by atoms with van der Waals surface area (Å²) in [4.78, 5) is 6.74. The second kappa shape index (κ2) is 9.13. The largest absolute Gasteiger partial charge is 0.353 e. The Labute approximate surface area is 128 Å². The minimum absolute atomic E-state index is 0.0286. The van der Waals surface area contributed by atoms with Crippen LogP contribution < -0.4 is 0 Å². The van der Waals surface area contributed by atoms with Crippen molar-refractivity contribution in [3.63, 3.8) is 0 Å². The molecule has 1 aromatic heterocycles. The summed E-state index contributed by atoms with van der Waals surface area (Å²) in [5, 5.41) is 0. The SMILES string of the molecule is CN(C)C[C@H](CCCO[C@H]1CCCCO1)c1ccccn1. The maximum absolute atomic E-state index is 5.82. The summed E-state index contributed by atoms with van der Waals surface area (Å²) in [6.07, 6.45) is 7.50. The first-order chi connectivity index (χ1) is 10.3. The van der Waals surface area contributed by atoms with Gasteiger partial charge in [0.2, 0.25) is 0 Å². The van der Waals surface area contributed by atoms with Crippen LogP contribution in [-0.2, 0) is 9.47 Å². The number of ether oxygens (including phenoxy) is 2. The maximum Gasteiger partial charge on any atom is 0.157 e. The van der Waals surface area contributed by atoms with Gasteiger partial charge in [0.1, 0.15) is 0 Å². The van der Waals surface area contributed by atoms with E-state index in [-0.39, 0.29) is 6.29 Å². The summed E-state index contributed by atoms with van der Waals surface area (Å²) in [5.74, 6) is 0.470. The molecule has 0 saturated carbocycles. The number of rotatable bonds is 8. The Balaban J connectivity index is 1.74. The molecule has 0 aromatic carbocycles. The van der Waals surface area contributed by atoms with Gasteiger partial charge >= 0.3 is 0 Å². The van der Waals surface area contributed by atoms with Crippen molar-refractivity contribution in [1.29, 1.82) is 0 Å². The molecule has 1 saturated heterocycles. The molecule has 4 heteroatoms. The first-order valence-corrected chi connectivity index (χ1v) is 8.04. The maximum atomic E-state index is 5.82. The first-order valence-electron chi connectivity index (χ1n) is 8.04. The van der Waals surface area contributed by atoms with E-state index in [2.05, 4.69) is 36.1 Å². The quantitative estimate of drug-likeness (QED) is 0.690. The lowest BCUT2D eigenvalue weighted by molar-refractivity contribution is -0.162. The highest BCUT2D eigenvalue weighted by molar-refractivity contribution is 5.09. The number of pyridine rings is 1. The van der Waals surface area contributed by atoms with E-state index in [1.165, 1.54) is 18.5 Å². The first kappa shape index (κ1) is 16.4. The van der Waals surface area contributed by atoms with Crippen LogP contribution in [0.3, 0.4) is 0 Å². The molecule has 0 amide bonds. The van der Waals surface area contributed by atoms with Crippen LogP contribution in [0.4, 0.5) is 0 Å². The van der Waals surface area contributed by atoms with Crippen molar-refractivity contribution in [3.05, 3.63) is 30.1 Å². The van der Waals surface area contributed by atoms with Crippen molar-refractivity contribution in [2.75, 3.05) is 33.9 Å². The smallest absolute Gasteiger partial charge is 0.157 e. The Morgan fingerprint density at radius 3 is 2.95 bits per heavy atom. The van der Waals surface area contributed by atoms with Crippen LogP contribution in [0.15, 0.2) is 24.4 Å². The van der Waals surface area contributed by atoms with Gasteiger partial charge in [-0.25, -0.2) is 0 Å². The van der Waals surface area contributed by atoms with E-state index in [1.807, 2.05) is 12.3 Å². The topological polar surface area (TPSA) is 34.6 Å². The van der Waals surface area contributed by atoms with E-state index in [4.69, 9.17) is 9.47 Å². The van der Waals surface area contributed by atoms with Gasteiger partial charge in [-0.3, -0.25) is 4.98 Å². The number of aromatic nitrogens is 1. The average Bonchev–Trinajstić information content (AvgIpc) is 2.52. The van der Waals surface area contributed by atoms with Gasteiger partial charge in [-0.1, -0.05) is 6.07 Å². The van der Waals surface area contributed by atoms with Crippen LogP contribution in [0.1, 0.15) is 43.7 Å². The number of hydrogen-bond acceptors (Lipinski definition) is 4. The third-order valence-electron chi connectivity index (χ3n) is 3.83. The monoisotopic (exact) mass is 292 g/mol. The molecule has 1 aromatic rings. The van der Waals surface area contributed by atoms with Crippen LogP contribution in [0.2, 0.25) is 0 Å². The van der Waals surface area contributed by atoms with E-state index in [1.54, 1.807) is 0 Å². The Morgan fingerprint density at radius 1 is 1.38 bits per heavy atom. The van der Waals surface area contributed by atoms with Crippen molar-refractivity contribution in [1.82, 2.24) is 9.88 Å². The molecule has 2 heterocycles. The number of nitrogens with zero attached hydrogens (tertiary/aromatic N) is 2. The van der Waals surface area contributed by atoms with Gasteiger partial charge in [0.05, 0.1) is 0 Å². The lowest BCUT2D eigenvalue weighted by atomic mass is 9.98. The summed E-state index contributed by atoms with van der Waals surface area (Å²) in [7, 11) is 4.23. The third-order valence-corrected chi connectivity index (χ3v) is 3.83. The fourth-order valence-corrected chi connectivity index (χ4v) is 2.78.